The van der Waals surface area contributed by atoms with Gasteiger partial charge in [0, 0.05) is 42.0 Å². The molecule has 7 aromatic rings. The molecule has 3 N–H and O–H groups in total. The number of ether oxygens (including phenoxy) is 3. The molecule has 2 amide bonds. The summed E-state index contributed by atoms with van der Waals surface area (Å²) in [6.45, 7) is 2.32. The fourth-order valence-electron chi connectivity index (χ4n) is 9.45. The standard InChI is InChI=1S/C59H49N5O11S4/c1-35(65)72-45-29-28-39(32-46(45)73-36(2)66)51(56(71)74-50(37-18-8-3-9-19-37)38-20-10-4-11-21-38)75-63-47(52(67)61-48-53(68)64-49(55(69)70)43(33-78-54(48)64)57-76-30-31-77-57)44-34-79-58(60-44)62-59(40-22-12-5-13-23-40,41-24-14-6-15-25-41)42-26-16-7-17-27-42/h3-29,32,34,48,50-51,54,57H,30-31,33H2,1-2H3,(H,60,62)(H,61,67)(H,69,70)/b63-47-/t48-,51-,54+/m1/s1. The first-order valence-corrected chi connectivity index (χ1v) is 28.8. The number of oxime groups is 1. The molecule has 1 aromatic heterocycles. The Kier molecular flexibility index (Phi) is 16.6. The van der Waals surface area contributed by atoms with E-state index in [0.717, 1.165) is 46.5 Å². The second-order valence-electron chi connectivity index (χ2n) is 18.1. The molecule has 400 valence electrons. The minimum absolute atomic E-state index is 0.00494. The van der Waals surface area contributed by atoms with E-state index < -0.39 is 70.6 Å². The summed E-state index contributed by atoms with van der Waals surface area (Å²) in [6, 6.07) is 50.2. The van der Waals surface area contributed by atoms with E-state index in [1.54, 1.807) is 77.4 Å². The first-order chi connectivity index (χ1) is 38.4. The Hall–Kier alpha value is -8.17. The van der Waals surface area contributed by atoms with E-state index in [1.165, 1.54) is 41.8 Å². The summed E-state index contributed by atoms with van der Waals surface area (Å²) in [5, 5.41) is 22.6. The van der Waals surface area contributed by atoms with Gasteiger partial charge in [-0.05, 0) is 45.5 Å². The summed E-state index contributed by atoms with van der Waals surface area (Å²) < 4.78 is 17.0. The third-order valence-electron chi connectivity index (χ3n) is 12.9. The maximum atomic E-state index is 15.1. The molecule has 3 aliphatic rings. The molecule has 0 spiro atoms. The largest absolute Gasteiger partial charge is 0.477 e. The molecule has 16 nitrogen and oxygen atoms in total. The van der Waals surface area contributed by atoms with Gasteiger partial charge in [-0.25, -0.2) is 14.6 Å². The summed E-state index contributed by atoms with van der Waals surface area (Å²) in [4.78, 5) is 94.1. The molecule has 2 saturated heterocycles. The second kappa shape index (κ2) is 24.2. The smallest absolute Gasteiger partial charge is 0.355 e. The SMILES string of the molecule is CC(=O)Oc1ccc([C@@H](O/N=C(\C(=O)N[C@@H]2C(=O)N3C(C(=O)O)=C(C4SCCS4)CS[C@@H]23)c2csc(NC(c3ccccc3)(c3ccccc3)c3ccccc3)n2)C(=O)OC(c2ccccc2)c2ccccc2)cc1OC(C)=O. The summed E-state index contributed by atoms with van der Waals surface area (Å²) >= 11 is 5.77. The van der Waals surface area contributed by atoms with E-state index in [9.17, 15) is 29.1 Å². The van der Waals surface area contributed by atoms with Crippen LogP contribution in [0.1, 0.15) is 65.1 Å². The van der Waals surface area contributed by atoms with Gasteiger partial charge >= 0.3 is 23.9 Å². The van der Waals surface area contributed by atoms with Crippen molar-refractivity contribution in [2.45, 2.75) is 47.6 Å². The molecular weight excluding hydrogens is 1080 g/mol. The molecule has 10 rings (SSSR count). The molecular formula is C59H49N5O11S4. The number of nitrogens with zero attached hydrogens (tertiary/aromatic N) is 3. The molecule has 4 heterocycles. The highest BCUT2D eigenvalue weighted by Gasteiger charge is 2.55. The van der Waals surface area contributed by atoms with Gasteiger partial charge in [-0.1, -0.05) is 163 Å². The number of thiazole rings is 1. The molecule has 79 heavy (non-hydrogen) atoms. The highest BCUT2D eigenvalue weighted by atomic mass is 32.2. The lowest BCUT2D eigenvalue weighted by Gasteiger charge is -2.49. The van der Waals surface area contributed by atoms with Crippen LogP contribution >= 0.6 is 46.6 Å². The normalized spacial score (nSPS) is 16.8. The van der Waals surface area contributed by atoms with E-state index in [4.69, 9.17) is 24.0 Å². The molecule has 20 heteroatoms. The van der Waals surface area contributed by atoms with Crippen molar-refractivity contribution in [2.24, 2.45) is 5.16 Å². The van der Waals surface area contributed by atoms with Crippen molar-refractivity contribution in [3.8, 4) is 11.5 Å². The van der Waals surface area contributed by atoms with Gasteiger partial charge in [0.15, 0.2) is 28.4 Å². The summed E-state index contributed by atoms with van der Waals surface area (Å²) in [5.74, 6) is -3.63. The molecule has 3 atom stereocenters. The van der Waals surface area contributed by atoms with Gasteiger partial charge in [0.25, 0.3) is 11.8 Å². The van der Waals surface area contributed by atoms with Crippen LogP contribution in [0.4, 0.5) is 5.13 Å². The van der Waals surface area contributed by atoms with Gasteiger partial charge in [-0.2, -0.15) is 0 Å². The minimum Gasteiger partial charge on any atom is -0.477 e. The van der Waals surface area contributed by atoms with Gasteiger partial charge in [0.05, 0.1) is 4.58 Å². The summed E-state index contributed by atoms with van der Waals surface area (Å²) in [5.41, 5.74) is 2.88. The number of hydrogen-bond acceptors (Lipinski definition) is 17. The Labute approximate surface area is 471 Å². The van der Waals surface area contributed by atoms with Crippen LogP contribution in [0.25, 0.3) is 0 Å². The van der Waals surface area contributed by atoms with E-state index >= 15 is 4.79 Å². The number of β-lactam (4-membered cyclic amide) rings is 1. The Morgan fingerprint density at radius 3 is 1.76 bits per heavy atom. The number of carboxylic acids is 1. The van der Waals surface area contributed by atoms with Crippen molar-refractivity contribution in [2.75, 3.05) is 22.6 Å². The van der Waals surface area contributed by atoms with Crippen LogP contribution in [-0.4, -0.2) is 89.6 Å². The monoisotopic (exact) mass is 1130 g/mol. The number of esters is 3. The zero-order chi connectivity index (χ0) is 55.0. The van der Waals surface area contributed by atoms with Crippen molar-refractivity contribution in [3.63, 3.8) is 0 Å². The van der Waals surface area contributed by atoms with Crippen molar-refractivity contribution in [1.82, 2.24) is 15.2 Å². The van der Waals surface area contributed by atoms with Crippen molar-refractivity contribution in [3.05, 3.63) is 226 Å². The van der Waals surface area contributed by atoms with E-state index in [-0.39, 0.29) is 33.0 Å². The molecule has 6 aromatic carbocycles. The van der Waals surface area contributed by atoms with Gasteiger partial charge in [0.2, 0.25) is 6.10 Å². The van der Waals surface area contributed by atoms with Crippen LogP contribution in [0.2, 0.25) is 0 Å². The maximum absolute atomic E-state index is 15.1. The van der Waals surface area contributed by atoms with Crippen LogP contribution in [-0.2, 0) is 43.9 Å². The van der Waals surface area contributed by atoms with Crippen LogP contribution < -0.4 is 20.1 Å². The number of fused-ring (bicyclic) bond motifs is 1. The Bertz CT molecular complexity index is 3320. The number of aliphatic carboxylic acids is 1. The van der Waals surface area contributed by atoms with Gasteiger partial charge in [-0.3, -0.25) is 24.1 Å². The third kappa shape index (κ3) is 11.7. The predicted octanol–water partition coefficient (Wildman–Crippen LogP) is 9.74. The number of hydrogen-bond donors (Lipinski definition) is 3. The molecule has 0 bridgehead atoms. The van der Waals surface area contributed by atoms with Gasteiger partial charge < -0.3 is 34.8 Å². The van der Waals surface area contributed by atoms with Gasteiger partial charge in [0.1, 0.15) is 28.3 Å². The lowest BCUT2D eigenvalue weighted by Crippen LogP contribution is -2.71. The fraction of sp³-hybridized carbons (Fsp3) is 0.186. The van der Waals surface area contributed by atoms with Crippen LogP contribution in [0.5, 0.6) is 11.5 Å². The lowest BCUT2D eigenvalue weighted by atomic mass is 9.77. The second-order valence-corrected chi connectivity index (χ2v) is 22.8. The number of aromatic nitrogens is 1. The Morgan fingerprint density at radius 2 is 1.23 bits per heavy atom. The summed E-state index contributed by atoms with van der Waals surface area (Å²) in [7, 11) is 0. The number of thioether (sulfide) groups is 3. The number of amides is 2. The van der Waals surface area contributed by atoms with E-state index in [2.05, 4.69) is 15.8 Å². The quantitative estimate of drug-likeness (QED) is 0.0172. The zero-order valence-electron chi connectivity index (χ0n) is 42.3. The van der Waals surface area contributed by atoms with Crippen molar-refractivity contribution < 1.29 is 52.9 Å². The average Bonchev–Trinajstić information content (AvgIpc) is 4.35. The summed E-state index contributed by atoms with van der Waals surface area (Å²) in [6.07, 6.45) is -2.80. The van der Waals surface area contributed by atoms with Crippen molar-refractivity contribution in [1.29, 1.82) is 0 Å². The average molecular weight is 1130 g/mol. The zero-order valence-corrected chi connectivity index (χ0v) is 45.5. The number of rotatable bonds is 19. The molecule has 0 aliphatic carbocycles. The van der Waals surface area contributed by atoms with E-state index in [0.29, 0.717) is 27.6 Å². The number of benzene rings is 6. The van der Waals surface area contributed by atoms with Crippen molar-refractivity contribution >= 4 is 93.2 Å². The predicted molar refractivity (Wildman–Crippen MR) is 304 cm³/mol. The molecule has 2 fully saturated rings. The highest BCUT2D eigenvalue weighted by Crippen LogP contribution is 2.48. The van der Waals surface area contributed by atoms with Crippen LogP contribution in [0, 0.1) is 0 Å². The first kappa shape index (κ1) is 54.2. The topological polar surface area (TPSA) is 212 Å². The molecule has 0 saturated carbocycles. The first-order valence-electron chi connectivity index (χ1n) is 24.8. The van der Waals surface area contributed by atoms with E-state index in [1.807, 2.05) is 103 Å². The maximum Gasteiger partial charge on any atom is 0.355 e. The third-order valence-corrected chi connectivity index (χ3v) is 18.1. The Balaban J connectivity index is 1.07. The lowest BCUT2D eigenvalue weighted by molar-refractivity contribution is -0.162. The molecule has 0 radical (unpaired) electrons. The number of carbonyl (C=O) groups excluding carboxylic acids is 5. The number of nitrogens with one attached hydrogen (secondary N) is 2. The molecule has 0 unspecified atom stereocenters. The fourth-order valence-corrected chi connectivity index (χ4v) is 14.8. The Morgan fingerprint density at radius 1 is 0.696 bits per heavy atom. The minimum atomic E-state index is -1.82. The highest BCUT2D eigenvalue weighted by molar-refractivity contribution is 8.20. The number of carboxylic acid groups (broad SMARTS) is 1. The van der Waals surface area contributed by atoms with Crippen LogP contribution in [0.3, 0.4) is 0 Å². The number of anilines is 1. The molecule has 3 aliphatic heterocycles. The van der Waals surface area contributed by atoms with Crippen LogP contribution in [0.15, 0.2) is 192 Å². The number of carbonyl (C=O) groups is 6. The van der Waals surface area contributed by atoms with Gasteiger partial charge in [-0.15, -0.1) is 46.6 Å².